The van der Waals surface area contributed by atoms with Gasteiger partial charge in [0.2, 0.25) is 0 Å². The lowest BCUT2D eigenvalue weighted by atomic mass is 10.1. The van der Waals surface area contributed by atoms with Gasteiger partial charge in [-0.3, -0.25) is 4.79 Å². The predicted octanol–water partition coefficient (Wildman–Crippen LogP) is 2.19. The molecule has 0 aliphatic heterocycles. The molecule has 0 spiro atoms. The Hall–Kier alpha value is -1.63. The fourth-order valence-electron chi connectivity index (χ4n) is 1.49. The second-order valence-electron chi connectivity index (χ2n) is 4.25. The first-order valence-corrected chi connectivity index (χ1v) is 6.38. The number of nitrogens with two attached hydrogens (primary N) is 1. The van der Waals surface area contributed by atoms with Crippen LogP contribution in [0.4, 0.5) is 4.39 Å². The number of carbonyl (C=O) groups excluding carboxylic acids is 1. The lowest BCUT2D eigenvalue weighted by molar-refractivity contribution is 0.0734. The molecule has 0 fully saturated rings. The molecule has 104 valence electrons. The number of benzene rings is 1. The Bertz CT molecular complexity index is 506. The van der Waals surface area contributed by atoms with Crippen LogP contribution in [0.1, 0.15) is 24.2 Å². The topological polar surface area (TPSA) is 78.9 Å². The van der Waals surface area contributed by atoms with Gasteiger partial charge in [0, 0.05) is 11.6 Å². The standard InChI is InChI=1S/C12H15BrFN3O2/c1-7(2)17(6-11(15)16-19)12(18)8-3-4-10(14)9(13)5-8/h3-5,7,19H,6H2,1-2H3,(H2,15,16). The molecule has 7 heteroatoms. The molecule has 1 aromatic carbocycles. The Morgan fingerprint density at radius 1 is 1.58 bits per heavy atom. The first-order chi connectivity index (χ1) is 8.86. The van der Waals surface area contributed by atoms with Crippen molar-refractivity contribution >= 4 is 27.7 Å². The zero-order valence-electron chi connectivity index (χ0n) is 10.6. The highest BCUT2D eigenvalue weighted by molar-refractivity contribution is 9.10. The van der Waals surface area contributed by atoms with Crippen molar-refractivity contribution in [2.45, 2.75) is 19.9 Å². The van der Waals surface area contributed by atoms with Crippen LogP contribution in [0.5, 0.6) is 0 Å². The van der Waals surface area contributed by atoms with Crippen LogP contribution in [0.15, 0.2) is 27.8 Å². The molecule has 0 aromatic heterocycles. The van der Waals surface area contributed by atoms with Gasteiger partial charge in [-0.25, -0.2) is 4.39 Å². The maximum atomic E-state index is 13.1. The van der Waals surface area contributed by atoms with E-state index in [9.17, 15) is 9.18 Å². The van der Waals surface area contributed by atoms with Crippen LogP contribution in [0.25, 0.3) is 0 Å². The molecule has 1 aromatic rings. The Morgan fingerprint density at radius 3 is 2.68 bits per heavy atom. The van der Waals surface area contributed by atoms with Gasteiger partial charge in [-0.05, 0) is 48.0 Å². The van der Waals surface area contributed by atoms with Gasteiger partial charge in [-0.2, -0.15) is 0 Å². The Labute approximate surface area is 119 Å². The van der Waals surface area contributed by atoms with Gasteiger partial charge in [0.1, 0.15) is 5.82 Å². The minimum Gasteiger partial charge on any atom is -0.409 e. The summed E-state index contributed by atoms with van der Waals surface area (Å²) in [5.74, 6) is -0.824. The third kappa shape index (κ3) is 3.92. The molecule has 19 heavy (non-hydrogen) atoms. The van der Waals surface area contributed by atoms with Crippen molar-refractivity contribution in [3.63, 3.8) is 0 Å². The molecule has 3 N–H and O–H groups in total. The third-order valence-corrected chi connectivity index (χ3v) is 3.12. The van der Waals surface area contributed by atoms with Crippen molar-refractivity contribution in [2.75, 3.05) is 6.54 Å². The molecule has 0 atom stereocenters. The summed E-state index contributed by atoms with van der Waals surface area (Å²) in [7, 11) is 0. The molecule has 0 bridgehead atoms. The van der Waals surface area contributed by atoms with Crippen LogP contribution >= 0.6 is 15.9 Å². The smallest absolute Gasteiger partial charge is 0.254 e. The number of rotatable bonds is 4. The summed E-state index contributed by atoms with van der Waals surface area (Å²) in [5, 5.41) is 11.4. The van der Waals surface area contributed by atoms with Crippen LogP contribution in [0.3, 0.4) is 0 Å². The van der Waals surface area contributed by atoms with Crippen LogP contribution < -0.4 is 5.73 Å². The number of carbonyl (C=O) groups is 1. The minimum absolute atomic E-state index is 0.00198. The average Bonchev–Trinajstić information content (AvgIpc) is 2.37. The van der Waals surface area contributed by atoms with Crippen molar-refractivity contribution in [1.82, 2.24) is 4.90 Å². The number of hydrogen-bond acceptors (Lipinski definition) is 3. The summed E-state index contributed by atoms with van der Waals surface area (Å²) >= 11 is 3.03. The van der Waals surface area contributed by atoms with Gasteiger partial charge in [-0.1, -0.05) is 5.16 Å². The highest BCUT2D eigenvalue weighted by Crippen LogP contribution is 2.18. The highest BCUT2D eigenvalue weighted by atomic mass is 79.9. The van der Waals surface area contributed by atoms with Gasteiger partial charge < -0.3 is 15.8 Å². The number of halogens is 2. The second-order valence-corrected chi connectivity index (χ2v) is 5.10. The van der Waals surface area contributed by atoms with Gasteiger partial charge in [0.25, 0.3) is 5.91 Å². The first kappa shape index (κ1) is 15.4. The number of nitrogens with zero attached hydrogens (tertiary/aromatic N) is 2. The molecular weight excluding hydrogens is 317 g/mol. The fraction of sp³-hybridized carbons (Fsp3) is 0.333. The minimum atomic E-state index is -0.441. The zero-order chi connectivity index (χ0) is 14.6. The Balaban J connectivity index is 3.02. The van der Waals surface area contributed by atoms with E-state index in [1.165, 1.54) is 23.1 Å². The molecule has 0 saturated heterocycles. The van der Waals surface area contributed by atoms with Crippen molar-refractivity contribution in [2.24, 2.45) is 10.9 Å². The SMILES string of the molecule is CC(C)N(C/C(N)=N/O)C(=O)c1ccc(F)c(Br)c1. The van der Waals surface area contributed by atoms with Gasteiger partial charge in [0.05, 0.1) is 11.0 Å². The van der Waals surface area contributed by atoms with Crippen molar-refractivity contribution in [3.8, 4) is 0 Å². The number of oxime groups is 1. The normalized spacial score (nSPS) is 11.7. The van der Waals surface area contributed by atoms with Crippen LogP contribution in [0.2, 0.25) is 0 Å². The number of amidine groups is 1. The maximum Gasteiger partial charge on any atom is 0.254 e. The Morgan fingerprint density at radius 2 is 2.21 bits per heavy atom. The average molecular weight is 332 g/mol. The van der Waals surface area contributed by atoms with Crippen molar-refractivity contribution in [1.29, 1.82) is 0 Å². The highest BCUT2D eigenvalue weighted by Gasteiger charge is 2.20. The fourth-order valence-corrected chi connectivity index (χ4v) is 1.87. The summed E-state index contributed by atoms with van der Waals surface area (Å²) in [6.45, 7) is 3.62. The van der Waals surface area contributed by atoms with E-state index in [2.05, 4.69) is 21.1 Å². The van der Waals surface area contributed by atoms with Crippen molar-refractivity contribution in [3.05, 3.63) is 34.1 Å². The first-order valence-electron chi connectivity index (χ1n) is 5.59. The molecule has 0 saturated carbocycles. The van der Waals surface area contributed by atoms with Gasteiger partial charge in [0.15, 0.2) is 5.84 Å². The van der Waals surface area contributed by atoms with E-state index in [-0.39, 0.29) is 28.8 Å². The summed E-state index contributed by atoms with van der Waals surface area (Å²) in [6.07, 6.45) is 0. The van der Waals surface area contributed by atoms with E-state index in [4.69, 9.17) is 10.9 Å². The Kier molecular flexibility index (Phi) is 5.29. The largest absolute Gasteiger partial charge is 0.409 e. The lowest BCUT2D eigenvalue weighted by Gasteiger charge is -2.26. The summed E-state index contributed by atoms with van der Waals surface area (Å²) < 4.78 is 13.4. The van der Waals surface area contributed by atoms with E-state index in [0.717, 1.165) is 0 Å². The van der Waals surface area contributed by atoms with E-state index in [0.29, 0.717) is 5.56 Å². The summed E-state index contributed by atoms with van der Waals surface area (Å²) in [4.78, 5) is 13.7. The molecule has 1 rings (SSSR count). The maximum absolute atomic E-state index is 13.1. The van der Waals surface area contributed by atoms with Crippen LogP contribution in [-0.4, -0.2) is 34.4 Å². The van der Waals surface area contributed by atoms with E-state index >= 15 is 0 Å². The van der Waals surface area contributed by atoms with Gasteiger partial charge in [-0.15, -0.1) is 0 Å². The molecule has 0 aliphatic carbocycles. The zero-order valence-corrected chi connectivity index (χ0v) is 12.2. The van der Waals surface area contributed by atoms with Crippen LogP contribution in [-0.2, 0) is 0 Å². The molecule has 0 heterocycles. The van der Waals surface area contributed by atoms with E-state index in [1.54, 1.807) is 13.8 Å². The second kappa shape index (κ2) is 6.51. The third-order valence-electron chi connectivity index (χ3n) is 2.51. The van der Waals surface area contributed by atoms with E-state index in [1.807, 2.05) is 0 Å². The molecule has 1 amide bonds. The van der Waals surface area contributed by atoms with Gasteiger partial charge >= 0.3 is 0 Å². The summed E-state index contributed by atoms with van der Waals surface area (Å²) in [5.41, 5.74) is 5.74. The molecule has 0 aliphatic rings. The molecule has 0 unspecified atom stereocenters. The number of amides is 1. The molecular formula is C12H15BrFN3O2. The quantitative estimate of drug-likeness (QED) is 0.384. The number of hydrogen-bond donors (Lipinski definition) is 2. The molecule has 0 radical (unpaired) electrons. The predicted molar refractivity (Wildman–Crippen MR) is 73.7 cm³/mol. The van der Waals surface area contributed by atoms with Crippen LogP contribution in [0, 0.1) is 5.82 Å². The monoisotopic (exact) mass is 331 g/mol. The lowest BCUT2D eigenvalue weighted by Crippen LogP contribution is -2.42. The molecule has 5 nitrogen and oxygen atoms in total. The summed E-state index contributed by atoms with van der Waals surface area (Å²) in [6, 6.07) is 3.86. The van der Waals surface area contributed by atoms with Crippen molar-refractivity contribution < 1.29 is 14.4 Å². The van der Waals surface area contributed by atoms with E-state index < -0.39 is 5.82 Å².